The van der Waals surface area contributed by atoms with Crippen LogP contribution in [0.1, 0.15) is 45.1 Å². The highest BCUT2D eigenvalue weighted by molar-refractivity contribution is 5.83. The number of H-pyrrole nitrogens is 1. The van der Waals surface area contributed by atoms with Crippen molar-refractivity contribution in [3.8, 4) is 5.75 Å². The van der Waals surface area contributed by atoms with Crippen molar-refractivity contribution in [1.29, 1.82) is 0 Å². The van der Waals surface area contributed by atoms with Crippen LogP contribution in [-0.4, -0.2) is 26.8 Å². The minimum atomic E-state index is -0.897. The molecule has 0 unspecified atom stereocenters. The van der Waals surface area contributed by atoms with Crippen molar-refractivity contribution in [2.45, 2.75) is 58.1 Å². The second-order valence-electron chi connectivity index (χ2n) is 7.03. The summed E-state index contributed by atoms with van der Waals surface area (Å²) in [5, 5.41) is 19.4. The van der Waals surface area contributed by atoms with E-state index in [1.807, 2.05) is 19.1 Å². The van der Waals surface area contributed by atoms with E-state index >= 15 is 0 Å². The van der Waals surface area contributed by atoms with Crippen LogP contribution in [0.2, 0.25) is 0 Å². The number of aromatic amines is 1. The summed E-state index contributed by atoms with van der Waals surface area (Å²) in [7, 11) is 0. The van der Waals surface area contributed by atoms with Gasteiger partial charge >= 0.3 is 0 Å². The third-order valence-corrected chi connectivity index (χ3v) is 5.23. The first-order valence-electron chi connectivity index (χ1n) is 8.13. The fourth-order valence-electron chi connectivity index (χ4n) is 3.49. The molecule has 0 aliphatic heterocycles. The molecule has 2 aromatic rings. The molecule has 2 atom stereocenters. The Labute approximate surface area is 135 Å². The average Bonchev–Trinajstić information content (AvgIpc) is 2.99. The predicted octanol–water partition coefficient (Wildman–Crippen LogP) is 3.86. The summed E-state index contributed by atoms with van der Waals surface area (Å²) in [6, 6.07) is 3.92. The molecule has 6 nitrogen and oxygen atoms in total. The van der Waals surface area contributed by atoms with Crippen molar-refractivity contribution in [2.24, 2.45) is 5.92 Å². The normalized spacial score (nSPS) is 22.2. The van der Waals surface area contributed by atoms with E-state index in [1.54, 1.807) is 20.0 Å². The second-order valence-corrected chi connectivity index (χ2v) is 7.03. The highest BCUT2D eigenvalue weighted by Crippen LogP contribution is 2.37. The van der Waals surface area contributed by atoms with Crippen LogP contribution in [0.3, 0.4) is 0 Å². The van der Waals surface area contributed by atoms with Crippen LogP contribution in [0.4, 0.5) is 0 Å². The second kappa shape index (κ2) is 5.83. The fourth-order valence-corrected chi connectivity index (χ4v) is 3.49. The van der Waals surface area contributed by atoms with Crippen molar-refractivity contribution < 1.29 is 9.66 Å². The smallest absolute Gasteiger partial charge is 0.219 e. The lowest BCUT2D eigenvalue weighted by Crippen LogP contribution is -2.43. The third-order valence-electron chi connectivity index (χ3n) is 5.23. The van der Waals surface area contributed by atoms with Gasteiger partial charge in [-0.05, 0) is 44.7 Å². The summed E-state index contributed by atoms with van der Waals surface area (Å²) < 4.78 is 6.20. The molecule has 1 N–H and O–H groups in total. The number of aryl methyl sites for hydroxylation is 1. The molecule has 0 spiro atoms. The molecule has 124 valence electrons. The molecule has 23 heavy (non-hydrogen) atoms. The monoisotopic (exact) mass is 317 g/mol. The Morgan fingerprint density at radius 1 is 1.39 bits per heavy atom. The van der Waals surface area contributed by atoms with Crippen molar-refractivity contribution in [3.63, 3.8) is 0 Å². The van der Waals surface area contributed by atoms with Crippen molar-refractivity contribution in [3.05, 3.63) is 34.0 Å². The number of hydrogen-bond acceptors (Lipinski definition) is 4. The Morgan fingerprint density at radius 2 is 2.17 bits per heavy atom. The lowest BCUT2D eigenvalue weighted by atomic mass is 9.76. The Morgan fingerprint density at radius 3 is 2.91 bits per heavy atom. The van der Waals surface area contributed by atoms with E-state index < -0.39 is 5.54 Å². The Bertz CT molecular complexity index is 723. The Balaban J connectivity index is 1.76. The lowest BCUT2D eigenvalue weighted by molar-refractivity contribution is -0.572. The van der Waals surface area contributed by atoms with Crippen LogP contribution < -0.4 is 4.74 Å². The molecule has 0 saturated heterocycles. The number of ether oxygens (including phenoxy) is 1. The number of nitrogens with zero attached hydrogens (tertiary/aromatic N) is 2. The molecule has 1 aliphatic carbocycles. The Kier molecular flexibility index (Phi) is 4.00. The van der Waals surface area contributed by atoms with Crippen molar-refractivity contribution in [1.82, 2.24) is 10.2 Å². The summed E-state index contributed by atoms with van der Waals surface area (Å²) in [5.74, 6) is 0.901. The summed E-state index contributed by atoms with van der Waals surface area (Å²) in [4.78, 5) is 11.2. The van der Waals surface area contributed by atoms with Crippen LogP contribution in [0.25, 0.3) is 10.9 Å². The SMILES string of the molecule is Cc1c(O[C@H]2CCC[C@H](C(C)(C)[N+](=O)[O-])C2)ccc2[nH]ncc12. The van der Waals surface area contributed by atoms with Gasteiger partial charge in [0.1, 0.15) is 5.75 Å². The summed E-state index contributed by atoms with van der Waals surface area (Å²) in [6.07, 6.45) is 5.39. The van der Waals surface area contributed by atoms with E-state index in [0.29, 0.717) is 0 Å². The molecule has 6 heteroatoms. The standard InChI is InChI=1S/C17H23N3O3/c1-11-14-10-18-19-15(14)7-8-16(11)23-13-6-4-5-12(9-13)17(2,3)20(21)22/h7-8,10,12-13H,4-6,9H2,1-3H3,(H,18,19)/t12-,13-/m0/s1. The first-order chi connectivity index (χ1) is 10.9. The van der Waals surface area contributed by atoms with Crippen molar-refractivity contribution >= 4 is 10.9 Å². The summed E-state index contributed by atoms with van der Waals surface area (Å²) in [6.45, 7) is 5.47. The van der Waals surface area contributed by atoms with Crippen LogP contribution in [0.15, 0.2) is 18.3 Å². The summed E-state index contributed by atoms with van der Waals surface area (Å²) >= 11 is 0. The maximum atomic E-state index is 11.3. The molecule has 0 radical (unpaired) electrons. The molecular formula is C17H23N3O3. The van der Waals surface area contributed by atoms with E-state index in [0.717, 1.165) is 47.9 Å². The van der Waals surface area contributed by atoms with Gasteiger partial charge in [0.15, 0.2) is 0 Å². The lowest BCUT2D eigenvalue weighted by Gasteiger charge is -2.34. The zero-order valence-corrected chi connectivity index (χ0v) is 13.8. The van der Waals surface area contributed by atoms with Gasteiger partial charge in [0.2, 0.25) is 5.54 Å². The van der Waals surface area contributed by atoms with Gasteiger partial charge in [-0.2, -0.15) is 5.10 Å². The largest absolute Gasteiger partial charge is 0.490 e. The number of rotatable bonds is 4. The van der Waals surface area contributed by atoms with Crippen LogP contribution in [0, 0.1) is 23.0 Å². The zero-order valence-electron chi connectivity index (χ0n) is 13.8. The molecule has 1 fully saturated rings. The fraction of sp³-hybridized carbons (Fsp3) is 0.588. The van der Waals surface area contributed by atoms with Gasteiger partial charge in [0.05, 0.1) is 17.8 Å². The molecule has 1 aliphatic rings. The van der Waals surface area contributed by atoms with E-state index in [1.165, 1.54) is 0 Å². The average molecular weight is 317 g/mol. The maximum Gasteiger partial charge on any atom is 0.219 e. The van der Waals surface area contributed by atoms with Gasteiger partial charge in [0, 0.05) is 35.6 Å². The molecule has 1 aromatic carbocycles. The van der Waals surface area contributed by atoms with E-state index in [9.17, 15) is 10.1 Å². The molecule has 1 saturated carbocycles. The van der Waals surface area contributed by atoms with E-state index in [2.05, 4.69) is 10.2 Å². The molecule has 1 aromatic heterocycles. The molecule has 0 amide bonds. The zero-order chi connectivity index (χ0) is 16.6. The quantitative estimate of drug-likeness (QED) is 0.685. The molecule has 1 heterocycles. The predicted molar refractivity (Wildman–Crippen MR) is 88.3 cm³/mol. The topological polar surface area (TPSA) is 81.0 Å². The van der Waals surface area contributed by atoms with E-state index in [4.69, 9.17) is 4.74 Å². The highest BCUT2D eigenvalue weighted by Gasteiger charge is 2.43. The van der Waals surface area contributed by atoms with Crippen LogP contribution in [0.5, 0.6) is 5.75 Å². The molecule has 0 bridgehead atoms. The maximum absolute atomic E-state index is 11.3. The Hall–Kier alpha value is -2.11. The van der Waals surface area contributed by atoms with Crippen molar-refractivity contribution in [2.75, 3.05) is 0 Å². The van der Waals surface area contributed by atoms with Gasteiger partial charge in [0.25, 0.3) is 0 Å². The number of aromatic nitrogens is 2. The number of hydrogen-bond donors (Lipinski definition) is 1. The van der Waals surface area contributed by atoms with Gasteiger partial charge in [-0.25, -0.2) is 0 Å². The number of benzene rings is 1. The van der Waals surface area contributed by atoms with Crippen LogP contribution in [-0.2, 0) is 0 Å². The highest BCUT2D eigenvalue weighted by atomic mass is 16.6. The number of fused-ring (bicyclic) bond motifs is 1. The van der Waals surface area contributed by atoms with Crippen LogP contribution >= 0.6 is 0 Å². The molecular weight excluding hydrogens is 294 g/mol. The van der Waals surface area contributed by atoms with Gasteiger partial charge < -0.3 is 4.74 Å². The molecule has 3 rings (SSSR count). The van der Waals surface area contributed by atoms with E-state index in [-0.39, 0.29) is 16.9 Å². The minimum Gasteiger partial charge on any atom is -0.490 e. The third kappa shape index (κ3) is 2.90. The number of nitro groups is 1. The van der Waals surface area contributed by atoms with Gasteiger partial charge in [-0.1, -0.05) is 0 Å². The van der Waals surface area contributed by atoms with Gasteiger partial charge in [-0.15, -0.1) is 0 Å². The summed E-state index contributed by atoms with van der Waals surface area (Å²) in [5.41, 5.74) is 1.16. The minimum absolute atomic E-state index is 0.0380. The first kappa shape index (κ1) is 15.8. The number of nitrogens with one attached hydrogen (secondary N) is 1. The first-order valence-corrected chi connectivity index (χ1v) is 8.13. The van der Waals surface area contributed by atoms with Gasteiger partial charge in [-0.3, -0.25) is 15.2 Å².